The van der Waals surface area contributed by atoms with Crippen molar-refractivity contribution in [1.29, 1.82) is 0 Å². The molecule has 0 radical (unpaired) electrons. The van der Waals surface area contributed by atoms with Crippen molar-refractivity contribution in [2.24, 2.45) is 23.7 Å². The number of nitrogens with one attached hydrogen (secondary N) is 1. The van der Waals surface area contributed by atoms with Gasteiger partial charge < -0.3 is 24.8 Å². The predicted octanol–water partition coefficient (Wildman–Crippen LogP) is 3.41. The summed E-state index contributed by atoms with van der Waals surface area (Å²) in [7, 11) is -0.662. The molecule has 2 rings (SSSR count). The van der Waals surface area contributed by atoms with Crippen LogP contribution in [0, 0.1) is 30.6 Å². The van der Waals surface area contributed by atoms with E-state index in [0.717, 1.165) is 19.3 Å². The molecular formula is C26H44BNO5. The highest BCUT2D eigenvalue weighted by molar-refractivity contribution is 6.45. The molecule has 1 aromatic rings. The molecule has 0 unspecified atom stereocenters. The van der Waals surface area contributed by atoms with Crippen LogP contribution in [0.2, 0.25) is 6.82 Å². The zero-order chi connectivity index (χ0) is 24.5. The Labute approximate surface area is 200 Å². The average Bonchev–Trinajstić information content (AvgIpc) is 3.13. The number of rotatable bonds is 14. The molecule has 0 amide bonds. The van der Waals surface area contributed by atoms with E-state index < -0.39 is 7.05 Å². The largest absolute Gasteiger partial charge is 0.460 e. The van der Waals surface area contributed by atoms with Gasteiger partial charge >= 0.3 is 13.0 Å². The van der Waals surface area contributed by atoms with Gasteiger partial charge in [0.05, 0.1) is 25.7 Å². The molecule has 4 atom stereocenters. The van der Waals surface area contributed by atoms with E-state index in [1.807, 2.05) is 0 Å². The predicted molar refractivity (Wildman–Crippen MR) is 133 cm³/mol. The van der Waals surface area contributed by atoms with Crippen molar-refractivity contribution in [3.05, 3.63) is 34.9 Å². The van der Waals surface area contributed by atoms with Crippen molar-refractivity contribution >= 4 is 13.0 Å². The molecule has 0 aliphatic carbocycles. The standard InChI is InChI=1S/C26H44BNO5/c1-17(2)22(14-20-8-7-19(5)21(13-20)9-11-32-12-10-29)15-24(28-27(6)31)25-16-23(18(3)4)26(30)33-25/h7-8,13,17-18,22-25,28-29,31H,9-12,14-16H2,1-6H3/t22-,23-,24-,25-/m0/s1. The van der Waals surface area contributed by atoms with E-state index in [4.69, 9.17) is 14.6 Å². The van der Waals surface area contributed by atoms with E-state index in [9.17, 15) is 9.82 Å². The lowest BCUT2D eigenvalue weighted by molar-refractivity contribution is -0.146. The summed E-state index contributed by atoms with van der Waals surface area (Å²) in [5, 5.41) is 22.2. The number of hydrogen-bond donors (Lipinski definition) is 3. The molecule has 1 aromatic carbocycles. The number of aliphatic hydroxyl groups excluding tert-OH is 1. The molecule has 1 aliphatic rings. The third-order valence-corrected chi connectivity index (χ3v) is 6.93. The molecule has 186 valence electrons. The van der Waals surface area contributed by atoms with Gasteiger partial charge in [0.25, 0.3) is 0 Å². The molecule has 0 spiro atoms. The maximum Gasteiger partial charge on any atom is 0.373 e. The van der Waals surface area contributed by atoms with Crippen molar-refractivity contribution in [1.82, 2.24) is 5.23 Å². The van der Waals surface area contributed by atoms with Crippen LogP contribution in [0.5, 0.6) is 0 Å². The van der Waals surface area contributed by atoms with Gasteiger partial charge in [-0.25, -0.2) is 0 Å². The first-order valence-corrected chi connectivity index (χ1v) is 12.5. The highest BCUT2D eigenvalue weighted by atomic mass is 16.6. The molecule has 0 saturated carbocycles. The fourth-order valence-electron chi connectivity index (χ4n) is 4.75. The molecule has 1 saturated heterocycles. The first-order valence-electron chi connectivity index (χ1n) is 12.5. The molecule has 7 heteroatoms. The lowest BCUT2D eigenvalue weighted by Gasteiger charge is -2.31. The Morgan fingerprint density at radius 1 is 1.24 bits per heavy atom. The average molecular weight is 461 g/mol. The van der Waals surface area contributed by atoms with Gasteiger partial charge in [0, 0.05) is 6.04 Å². The number of aliphatic hydroxyl groups is 1. The van der Waals surface area contributed by atoms with E-state index >= 15 is 0 Å². The second kappa shape index (κ2) is 13.5. The lowest BCUT2D eigenvalue weighted by atomic mass is 9.78. The summed E-state index contributed by atoms with van der Waals surface area (Å²) >= 11 is 0. The van der Waals surface area contributed by atoms with Crippen molar-refractivity contribution in [2.75, 3.05) is 19.8 Å². The number of aryl methyl sites for hydroxylation is 1. The molecule has 1 aliphatic heterocycles. The number of carbonyl (C=O) groups is 1. The number of ether oxygens (including phenoxy) is 2. The van der Waals surface area contributed by atoms with Gasteiger partial charge in [0.1, 0.15) is 6.10 Å². The van der Waals surface area contributed by atoms with Crippen molar-refractivity contribution in [3.63, 3.8) is 0 Å². The monoisotopic (exact) mass is 461 g/mol. The Kier molecular flexibility index (Phi) is 11.4. The van der Waals surface area contributed by atoms with Gasteiger partial charge in [-0.1, -0.05) is 45.9 Å². The Hall–Kier alpha value is -1.41. The molecular weight excluding hydrogens is 417 g/mol. The van der Waals surface area contributed by atoms with E-state index in [1.54, 1.807) is 6.82 Å². The van der Waals surface area contributed by atoms with E-state index in [-0.39, 0.29) is 36.6 Å². The minimum Gasteiger partial charge on any atom is -0.460 e. The SMILES string of the molecule is CB(O)N[C@@H](C[C@H](Cc1ccc(C)c(CCOCCO)c1)C(C)C)[C@@H]1C[C@@H](C(C)C)C(=O)O1. The Bertz CT molecular complexity index is 739. The smallest absolute Gasteiger partial charge is 0.373 e. The van der Waals surface area contributed by atoms with Crippen LogP contribution in [0.3, 0.4) is 0 Å². The van der Waals surface area contributed by atoms with Gasteiger partial charge in [-0.05, 0) is 73.9 Å². The topological polar surface area (TPSA) is 88.0 Å². The van der Waals surface area contributed by atoms with E-state index in [2.05, 4.69) is 58.0 Å². The third kappa shape index (κ3) is 8.71. The van der Waals surface area contributed by atoms with Crippen molar-refractivity contribution < 1.29 is 24.4 Å². The molecule has 3 N–H and O–H groups in total. The zero-order valence-corrected chi connectivity index (χ0v) is 21.3. The lowest BCUT2D eigenvalue weighted by Crippen LogP contribution is -2.48. The molecule has 33 heavy (non-hydrogen) atoms. The molecule has 0 aromatic heterocycles. The maximum absolute atomic E-state index is 12.4. The fourth-order valence-corrected chi connectivity index (χ4v) is 4.75. The summed E-state index contributed by atoms with van der Waals surface area (Å²) in [6.07, 6.45) is 3.07. The summed E-state index contributed by atoms with van der Waals surface area (Å²) in [5.41, 5.74) is 3.81. The van der Waals surface area contributed by atoms with Crippen LogP contribution in [-0.2, 0) is 27.1 Å². The Morgan fingerprint density at radius 2 is 1.97 bits per heavy atom. The minimum absolute atomic E-state index is 0.0466. The Balaban J connectivity index is 2.12. The van der Waals surface area contributed by atoms with Gasteiger partial charge in [0.15, 0.2) is 0 Å². The van der Waals surface area contributed by atoms with Crippen LogP contribution in [0.25, 0.3) is 0 Å². The first-order chi connectivity index (χ1) is 15.6. The second-order valence-electron chi connectivity index (χ2n) is 10.3. The third-order valence-electron chi connectivity index (χ3n) is 6.93. The van der Waals surface area contributed by atoms with Crippen molar-refractivity contribution in [2.45, 2.75) is 79.3 Å². The summed E-state index contributed by atoms with van der Waals surface area (Å²) in [4.78, 5) is 12.4. The van der Waals surface area contributed by atoms with Crippen LogP contribution in [0.1, 0.15) is 57.2 Å². The summed E-state index contributed by atoms with van der Waals surface area (Å²) in [6, 6.07) is 6.56. The van der Waals surface area contributed by atoms with Crippen LogP contribution < -0.4 is 5.23 Å². The Morgan fingerprint density at radius 3 is 2.55 bits per heavy atom. The molecule has 1 heterocycles. The highest BCUT2D eigenvalue weighted by Crippen LogP contribution is 2.33. The summed E-state index contributed by atoms with van der Waals surface area (Å²) in [6.45, 7) is 13.5. The minimum atomic E-state index is -0.662. The zero-order valence-electron chi connectivity index (χ0n) is 21.3. The number of esters is 1. The first kappa shape index (κ1) is 27.8. The molecule has 0 bridgehead atoms. The summed E-state index contributed by atoms with van der Waals surface area (Å²) in [5.74, 6) is 0.889. The summed E-state index contributed by atoms with van der Waals surface area (Å²) < 4.78 is 11.2. The number of benzene rings is 1. The maximum atomic E-state index is 12.4. The fraction of sp³-hybridized carbons (Fsp3) is 0.731. The highest BCUT2D eigenvalue weighted by Gasteiger charge is 2.41. The van der Waals surface area contributed by atoms with Crippen LogP contribution in [-0.4, -0.2) is 55.1 Å². The quantitative estimate of drug-likeness (QED) is 0.224. The van der Waals surface area contributed by atoms with Gasteiger partial charge in [0.2, 0.25) is 0 Å². The van der Waals surface area contributed by atoms with E-state index in [1.165, 1.54) is 16.7 Å². The van der Waals surface area contributed by atoms with Crippen molar-refractivity contribution in [3.8, 4) is 0 Å². The van der Waals surface area contributed by atoms with Crippen LogP contribution >= 0.6 is 0 Å². The van der Waals surface area contributed by atoms with Crippen LogP contribution in [0.15, 0.2) is 18.2 Å². The molecule has 1 fully saturated rings. The van der Waals surface area contributed by atoms with Gasteiger partial charge in [-0.2, -0.15) is 0 Å². The van der Waals surface area contributed by atoms with Gasteiger partial charge in [-0.15, -0.1) is 0 Å². The number of carbonyl (C=O) groups excluding carboxylic acids is 1. The van der Waals surface area contributed by atoms with E-state index in [0.29, 0.717) is 31.5 Å². The molecule has 6 nitrogen and oxygen atoms in total. The number of cyclic esters (lactones) is 1. The second-order valence-corrected chi connectivity index (χ2v) is 10.3. The van der Waals surface area contributed by atoms with Crippen LogP contribution in [0.4, 0.5) is 0 Å². The normalized spacial score (nSPS) is 20.4. The number of hydrogen-bond acceptors (Lipinski definition) is 6. The van der Waals surface area contributed by atoms with Gasteiger partial charge in [-0.3, -0.25) is 4.79 Å².